The second-order valence-electron chi connectivity index (χ2n) is 9.13. The van der Waals surface area contributed by atoms with E-state index in [1.54, 1.807) is 4.90 Å². The summed E-state index contributed by atoms with van der Waals surface area (Å²) in [7, 11) is 1.51. The average molecular weight is 456 g/mol. The summed E-state index contributed by atoms with van der Waals surface area (Å²) in [5.74, 6) is -0.118. The summed E-state index contributed by atoms with van der Waals surface area (Å²) in [6.45, 7) is 5.15. The molecule has 0 radical (unpaired) electrons. The zero-order valence-electron chi connectivity index (χ0n) is 18.3. The molecular formula is C24H26ClN3O4. The number of benzene rings is 2. The van der Waals surface area contributed by atoms with Crippen molar-refractivity contribution in [3.8, 4) is 17.0 Å². The predicted molar refractivity (Wildman–Crippen MR) is 123 cm³/mol. The van der Waals surface area contributed by atoms with Crippen LogP contribution in [-0.2, 0) is 20.1 Å². The zero-order chi connectivity index (χ0) is 23.2. The van der Waals surface area contributed by atoms with Crippen molar-refractivity contribution >= 4 is 17.5 Å². The fraction of sp³-hybridized carbons (Fsp3) is 0.333. The van der Waals surface area contributed by atoms with Crippen LogP contribution in [-0.4, -0.2) is 43.3 Å². The highest BCUT2D eigenvalue weighted by atomic mass is 35.5. The van der Waals surface area contributed by atoms with Gasteiger partial charge in [0.15, 0.2) is 0 Å². The molecule has 0 fully saturated rings. The Bertz CT molecular complexity index is 1260. The Morgan fingerprint density at radius 3 is 2.44 bits per heavy atom. The Balaban J connectivity index is 1.57. The van der Waals surface area contributed by atoms with E-state index in [0.717, 1.165) is 22.3 Å². The van der Waals surface area contributed by atoms with E-state index in [-0.39, 0.29) is 29.5 Å². The van der Waals surface area contributed by atoms with Crippen LogP contribution in [0.3, 0.4) is 0 Å². The Morgan fingerprint density at radius 1 is 1.09 bits per heavy atom. The Labute approximate surface area is 191 Å². The summed E-state index contributed by atoms with van der Waals surface area (Å²) in [6.07, 6.45) is 1.39. The highest BCUT2D eigenvalue weighted by molar-refractivity contribution is 6.33. The highest BCUT2D eigenvalue weighted by Gasteiger charge is 2.31. The summed E-state index contributed by atoms with van der Waals surface area (Å²) < 4.78 is 2.59. The van der Waals surface area contributed by atoms with Gasteiger partial charge < -0.3 is 15.1 Å². The maximum atomic E-state index is 12.7. The van der Waals surface area contributed by atoms with E-state index in [0.29, 0.717) is 30.2 Å². The number of nitrogens with zero attached hydrogens (tertiary/aromatic N) is 3. The second kappa shape index (κ2) is 8.15. The molecular weight excluding hydrogens is 430 g/mol. The van der Waals surface area contributed by atoms with Crippen LogP contribution in [0.4, 0.5) is 0 Å². The van der Waals surface area contributed by atoms with Crippen LogP contribution >= 0.6 is 11.6 Å². The molecule has 0 atom stereocenters. The quantitative estimate of drug-likeness (QED) is 0.597. The van der Waals surface area contributed by atoms with Gasteiger partial charge in [0.2, 0.25) is 5.88 Å². The first-order valence-corrected chi connectivity index (χ1v) is 10.7. The second-order valence-corrected chi connectivity index (χ2v) is 9.53. The SMILES string of the molecule is Cn1c(O)cn(Cc2ccc(-c3ccc4c(c3)CN(CC(C)(C)CO)C4=O)c(Cl)c2)c1=O. The lowest BCUT2D eigenvalue weighted by Crippen LogP contribution is -2.36. The average Bonchev–Trinajstić information content (AvgIpc) is 3.18. The van der Waals surface area contributed by atoms with Crippen LogP contribution in [0.25, 0.3) is 11.1 Å². The molecule has 0 saturated carbocycles. The Morgan fingerprint density at radius 2 is 1.81 bits per heavy atom. The first-order valence-electron chi connectivity index (χ1n) is 10.4. The number of hydrogen-bond acceptors (Lipinski definition) is 4. The van der Waals surface area contributed by atoms with Gasteiger partial charge in [-0.25, -0.2) is 4.79 Å². The van der Waals surface area contributed by atoms with Crippen molar-refractivity contribution in [2.75, 3.05) is 13.2 Å². The number of aliphatic hydroxyl groups is 1. The van der Waals surface area contributed by atoms with Crippen molar-refractivity contribution in [2.24, 2.45) is 12.5 Å². The van der Waals surface area contributed by atoms with Gasteiger partial charge in [0.25, 0.3) is 5.91 Å². The van der Waals surface area contributed by atoms with Crippen molar-refractivity contribution in [3.63, 3.8) is 0 Å². The van der Waals surface area contributed by atoms with Gasteiger partial charge in [0.1, 0.15) is 0 Å². The predicted octanol–water partition coefficient (Wildman–Crippen LogP) is 3.24. The topological polar surface area (TPSA) is 87.7 Å². The van der Waals surface area contributed by atoms with Crippen LogP contribution in [0.2, 0.25) is 5.02 Å². The number of imidazole rings is 1. The summed E-state index contributed by atoms with van der Waals surface area (Å²) in [6, 6.07) is 11.3. The van der Waals surface area contributed by atoms with Crippen molar-refractivity contribution in [1.29, 1.82) is 0 Å². The minimum atomic E-state index is -0.364. The van der Waals surface area contributed by atoms with Crippen LogP contribution in [0, 0.1) is 5.41 Å². The third-order valence-electron chi connectivity index (χ3n) is 5.88. The number of amides is 1. The van der Waals surface area contributed by atoms with E-state index >= 15 is 0 Å². The van der Waals surface area contributed by atoms with Gasteiger partial charge in [-0.2, -0.15) is 0 Å². The third-order valence-corrected chi connectivity index (χ3v) is 6.19. The normalized spacial score (nSPS) is 13.7. The lowest BCUT2D eigenvalue weighted by molar-refractivity contribution is 0.0625. The monoisotopic (exact) mass is 455 g/mol. The molecule has 2 heterocycles. The van der Waals surface area contributed by atoms with Crippen LogP contribution in [0.1, 0.15) is 35.3 Å². The number of aromatic nitrogens is 2. The minimum Gasteiger partial charge on any atom is -0.493 e. The van der Waals surface area contributed by atoms with Crippen LogP contribution in [0.15, 0.2) is 47.4 Å². The number of hydrogen-bond donors (Lipinski definition) is 2. The molecule has 8 heteroatoms. The van der Waals surface area contributed by atoms with Gasteiger partial charge >= 0.3 is 5.69 Å². The minimum absolute atomic E-state index is 0.00898. The number of halogens is 1. The van der Waals surface area contributed by atoms with E-state index in [2.05, 4.69) is 0 Å². The van der Waals surface area contributed by atoms with Gasteiger partial charge in [-0.3, -0.25) is 13.9 Å². The third kappa shape index (κ3) is 4.06. The molecule has 168 valence electrons. The zero-order valence-corrected chi connectivity index (χ0v) is 19.1. The lowest BCUT2D eigenvalue weighted by atomic mass is 9.94. The molecule has 1 amide bonds. The molecule has 0 bridgehead atoms. The number of carbonyl (C=O) groups excluding carboxylic acids is 1. The number of aromatic hydroxyl groups is 1. The summed E-state index contributed by atoms with van der Waals surface area (Å²) in [5.41, 5.74) is 3.53. The molecule has 2 aromatic carbocycles. The molecule has 1 aliphatic heterocycles. The summed E-state index contributed by atoms with van der Waals surface area (Å²) in [5, 5.41) is 19.8. The maximum Gasteiger partial charge on any atom is 0.331 e. The number of carbonyl (C=O) groups is 1. The fourth-order valence-corrected chi connectivity index (χ4v) is 4.33. The highest BCUT2D eigenvalue weighted by Crippen LogP contribution is 2.34. The van der Waals surface area contributed by atoms with Crippen LogP contribution < -0.4 is 5.69 Å². The Kier molecular flexibility index (Phi) is 5.65. The van der Waals surface area contributed by atoms with E-state index < -0.39 is 0 Å². The standard InChI is InChI=1S/C24H26ClN3O4/c1-24(2,14-29)13-28-11-17-9-16(5-7-19(17)22(28)31)18-6-4-15(8-20(18)25)10-27-12-21(30)26(3)23(27)32/h4-9,12,29-30H,10-11,13-14H2,1-3H3. The van der Waals surface area contributed by atoms with Gasteiger partial charge in [0.05, 0.1) is 12.7 Å². The summed E-state index contributed by atoms with van der Waals surface area (Å²) >= 11 is 6.57. The van der Waals surface area contributed by atoms with Gasteiger partial charge in [-0.1, -0.05) is 43.6 Å². The molecule has 1 aliphatic rings. The molecule has 0 saturated heterocycles. The molecule has 0 aliphatic carbocycles. The lowest BCUT2D eigenvalue weighted by Gasteiger charge is -2.28. The van der Waals surface area contributed by atoms with Gasteiger partial charge in [-0.15, -0.1) is 0 Å². The molecule has 2 N–H and O–H groups in total. The number of rotatable bonds is 6. The van der Waals surface area contributed by atoms with Gasteiger partial charge in [0, 0.05) is 48.3 Å². The molecule has 1 aromatic heterocycles. The maximum absolute atomic E-state index is 12.7. The van der Waals surface area contributed by atoms with E-state index in [4.69, 9.17) is 11.6 Å². The largest absolute Gasteiger partial charge is 0.493 e. The molecule has 7 nitrogen and oxygen atoms in total. The molecule has 4 rings (SSSR count). The Hall–Kier alpha value is -3.03. The number of fused-ring (bicyclic) bond motifs is 1. The van der Waals surface area contributed by atoms with Crippen molar-refractivity contribution in [1.82, 2.24) is 14.0 Å². The van der Waals surface area contributed by atoms with E-state index in [1.165, 1.54) is 22.4 Å². The van der Waals surface area contributed by atoms with Crippen LogP contribution in [0.5, 0.6) is 5.88 Å². The van der Waals surface area contributed by atoms with Crippen molar-refractivity contribution in [3.05, 3.63) is 74.8 Å². The first-order chi connectivity index (χ1) is 15.1. The van der Waals surface area contributed by atoms with Crippen molar-refractivity contribution < 1.29 is 15.0 Å². The van der Waals surface area contributed by atoms with E-state index in [1.807, 2.05) is 50.2 Å². The fourth-order valence-electron chi connectivity index (χ4n) is 4.02. The number of aliphatic hydroxyl groups excluding tert-OH is 1. The molecule has 0 spiro atoms. The molecule has 3 aromatic rings. The van der Waals surface area contributed by atoms with E-state index in [9.17, 15) is 19.8 Å². The first kappa shape index (κ1) is 22.2. The smallest absolute Gasteiger partial charge is 0.331 e. The molecule has 0 unspecified atom stereocenters. The molecule has 32 heavy (non-hydrogen) atoms. The summed E-state index contributed by atoms with van der Waals surface area (Å²) in [4.78, 5) is 26.6. The van der Waals surface area contributed by atoms with Crippen molar-refractivity contribution in [2.45, 2.75) is 26.9 Å². The van der Waals surface area contributed by atoms with Gasteiger partial charge in [-0.05, 0) is 34.9 Å².